The van der Waals surface area contributed by atoms with Crippen LogP contribution in [-0.2, 0) is 4.74 Å². The second-order valence-corrected chi connectivity index (χ2v) is 6.90. The van der Waals surface area contributed by atoms with Gasteiger partial charge in [-0.05, 0) is 44.1 Å². The van der Waals surface area contributed by atoms with Gasteiger partial charge in [-0.15, -0.1) is 0 Å². The summed E-state index contributed by atoms with van der Waals surface area (Å²) in [7, 11) is 2.17. The van der Waals surface area contributed by atoms with Crippen LogP contribution in [0.15, 0.2) is 0 Å². The molecular formula is C15H28N2O3. The number of aliphatic hydroxyl groups excluding tert-OH is 2. The summed E-state index contributed by atoms with van der Waals surface area (Å²) < 4.78 is 5.49. The van der Waals surface area contributed by atoms with Crippen LogP contribution in [0.2, 0.25) is 0 Å². The molecule has 5 heteroatoms. The first kappa shape index (κ1) is 14.7. The first-order chi connectivity index (χ1) is 9.70. The van der Waals surface area contributed by atoms with Crippen molar-refractivity contribution >= 4 is 0 Å². The van der Waals surface area contributed by atoms with Crippen molar-refractivity contribution in [1.29, 1.82) is 0 Å². The van der Waals surface area contributed by atoms with Gasteiger partial charge in [0.15, 0.2) is 0 Å². The Hall–Kier alpha value is -0.200. The topological polar surface area (TPSA) is 65.0 Å². The Balaban J connectivity index is 1.81. The van der Waals surface area contributed by atoms with Gasteiger partial charge in [-0.2, -0.15) is 0 Å². The van der Waals surface area contributed by atoms with Gasteiger partial charge in [0, 0.05) is 44.5 Å². The molecule has 0 bridgehead atoms. The predicted octanol–water partition coefficient (Wildman–Crippen LogP) is -0.324. The molecule has 0 aromatic carbocycles. The maximum atomic E-state index is 9.98. The van der Waals surface area contributed by atoms with Crippen molar-refractivity contribution in [1.82, 2.24) is 10.2 Å². The summed E-state index contributed by atoms with van der Waals surface area (Å²) in [5, 5.41) is 23.2. The van der Waals surface area contributed by atoms with E-state index in [-0.39, 0.29) is 18.8 Å². The number of nitrogens with zero attached hydrogens (tertiary/aromatic N) is 1. The Morgan fingerprint density at radius 3 is 2.65 bits per heavy atom. The summed E-state index contributed by atoms with van der Waals surface area (Å²) in [5.74, 6) is 1.70. The first-order valence-electron chi connectivity index (χ1n) is 7.96. The van der Waals surface area contributed by atoms with E-state index in [0.717, 1.165) is 39.1 Å². The Kier molecular flexibility index (Phi) is 4.34. The third-order valence-corrected chi connectivity index (χ3v) is 5.79. The highest BCUT2D eigenvalue weighted by Crippen LogP contribution is 2.45. The third kappa shape index (κ3) is 2.40. The highest BCUT2D eigenvalue weighted by atomic mass is 16.5. The second kappa shape index (κ2) is 5.89. The Bertz CT molecular complexity index is 335. The lowest BCUT2D eigenvalue weighted by Gasteiger charge is -2.35. The molecule has 3 N–H and O–H groups in total. The molecule has 0 saturated carbocycles. The maximum absolute atomic E-state index is 9.98. The van der Waals surface area contributed by atoms with E-state index in [2.05, 4.69) is 17.3 Å². The lowest BCUT2D eigenvalue weighted by Crippen LogP contribution is -2.54. The molecule has 0 unspecified atom stereocenters. The standard InChI is InChI=1S/C15H28N2O3/c1-17-8-12-13(9-17)15(10-19,4-5-18)16-14(12)11-2-6-20-7-3-11/h11-14,16,18-19H,2-10H2,1H3/t12-,13+,14-,15+/m1/s1. The molecule has 0 aromatic rings. The fraction of sp³-hybridized carbons (Fsp3) is 1.00. The van der Waals surface area contributed by atoms with Crippen LogP contribution < -0.4 is 5.32 Å². The van der Waals surface area contributed by atoms with Gasteiger partial charge in [0.25, 0.3) is 0 Å². The monoisotopic (exact) mass is 284 g/mol. The molecule has 116 valence electrons. The fourth-order valence-corrected chi connectivity index (χ4v) is 4.77. The lowest BCUT2D eigenvalue weighted by atomic mass is 9.77. The number of fused-ring (bicyclic) bond motifs is 1. The van der Waals surface area contributed by atoms with Gasteiger partial charge in [-0.25, -0.2) is 0 Å². The molecule has 3 aliphatic rings. The van der Waals surface area contributed by atoms with Crippen molar-refractivity contribution in [2.75, 3.05) is 46.6 Å². The Morgan fingerprint density at radius 1 is 1.25 bits per heavy atom. The highest BCUT2D eigenvalue weighted by Gasteiger charge is 2.56. The Labute approximate surface area is 121 Å². The molecule has 0 aliphatic carbocycles. The third-order valence-electron chi connectivity index (χ3n) is 5.79. The van der Waals surface area contributed by atoms with Gasteiger partial charge < -0.3 is 25.2 Å². The fourth-order valence-electron chi connectivity index (χ4n) is 4.77. The number of rotatable bonds is 4. The van der Waals surface area contributed by atoms with E-state index in [1.54, 1.807) is 0 Å². The quantitative estimate of drug-likeness (QED) is 0.660. The van der Waals surface area contributed by atoms with Crippen LogP contribution in [0.4, 0.5) is 0 Å². The van der Waals surface area contributed by atoms with Crippen molar-refractivity contribution in [2.45, 2.75) is 30.8 Å². The second-order valence-electron chi connectivity index (χ2n) is 6.90. The van der Waals surface area contributed by atoms with Crippen LogP contribution in [0.3, 0.4) is 0 Å². The van der Waals surface area contributed by atoms with E-state index in [0.29, 0.717) is 30.2 Å². The molecule has 4 atom stereocenters. The molecule has 0 amide bonds. The molecule has 3 fully saturated rings. The first-order valence-corrected chi connectivity index (χ1v) is 7.96. The number of likely N-dealkylation sites (tertiary alicyclic amines) is 1. The van der Waals surface area contributed by atoms with Crippen molar-refractivity contribution in [3.05, 3.63) is 0 Å². The predicted molar refractivity (Wildman–Crippen MR) is 76.5 cm³/mol. The smallest absolute Gasteiger partial charge is 0.0617 e. The van der Waals surface area contributed by atoms with E-state index >= 15 is 0 Å². The average Bonchev–Trinajstić information content (AvgIpc) is 2.98. The molecule has 3 rings (SSSR count). The van der Waals surface area contributed by atoms with Crippen LogP contribution in [-0.4, -0.2) is 73.3 Å². The van der Waals surface area contributed by atoms with Gasteiger partial charge in [-0.3, -0.25) is 0 Å². The molecule has 3 heterocycles. The molecule has 3 aliphatic heterocycles. The lowest BCUT2D eigenvalue weighted by molar-refractivity contribution is 0.0457. The van der Waals surface area contributed by atoms with Gasteiger partial charge in [0.1, 0.15) is 0 Å². The van der Waals surface area contributed by atoms with Crippen molar-refractivity contribution < 1.29 is 14.9 Å². The zero-order valence-corrected chi connectivity index (χ0v) is 12.4. The number of aliphatic hydroxyl groups is 2. The average molecular weight is 284 g/mol. The summed E-state index contributed by atoms with van der Waals surface area (Å²) in [6.45, 7) is 4.12. The maximum Gasteiger partial charge on any atom is 0.0617 e. The van der Waals surface area contributed by atoms with Gasteiger partial charge >= 0.3 is 0 Å². The van der Waals surface area contributed by atoms with Gasteiger partial charge in [0.2, 0.25) is 0 Å². The van der Waals surface area contributed by atoms with Crippen LogP contribution in [0.5, 0.6) is 0 Å². The van der Waals surface area contributed by atoms with E-state index in [4.69, 9.17) is 4.74 Å². The largest absolute Gasteiger partial charge is 0.396 e. The van der Waals surface area contributed by atoms with E-state index < -0.39 is 0 Å². The molecular weight excluding hydrogens is 256 g/mol. The number of ether oxygens (including phenoxy) is 1. The van der Waals surface area contributed by atoms with Gasteiger partial charge in [-0.1, -0.05) is 0 Å². The zero-order valence-electron chi connectivity index (χ0n) is 12.4. The molecule has 0 radical (unpaired) electrons. The van der Waals surface area contributed by atoms with Crippen LogP contribution in [0.25, 0.3) is 0 Å². The van der Waals surface area contributed by atoms with Crippen LogP contribution in [0.1, 0.15) is 19.3 Å². The highest BCUT2D eigenvalue weighted by molar-refractivity contribution is 5.13. The molecule has 3 saturated heterocycles. The van der Waals surface area contributed by atoms with E-state index in [1.165, 1.54) is 0 Å². The van der Waals surface area contributed by atoms with E-state index in [9.17, 15) is 10.2 Å². The van der Waals surface area contributed by atoms with Crippen molar-refractivity contribution in [2.24, 2.45) is 17.8 Å². The zero-order chi connectivity index (χ0) is 14.2. The number of nitrogens with one attached hydrogen (secondary N) is 1. The summed E-state index contributed by atoms with van der Waals surface area (Å²) >= 11 is 0. The van der Waals surface area contributed by atoms with Crippen molar-refractivity contribution in [3.63, 3.8) is 0 Å². The molecule has 0 aromatic heterocycles. The molecule has 0 spiro atoms. The Morgan fingerprint density at radius 2 is 2.00 bits per heavy atom. The molecule has 20 heavy (non-hydrogen) atoms. The molecule has 5 nitrogen and oxygen atoms in total. The summed E-state index contributed by atoms with van der Waals surface area (Å²) in [6.07, 6.45) is 2.88. The normalized spacial score (nSPS) is 43.0. The van der Waals surface area contributed by atoms with Crippen LogP contribution >= 0.6 is 0 Å². The van der Waals surface area contributed by atoms with E-state index in [1.807, 2.05) is 0 Å². The SMILES string of the molecule is CN1C[C@H]2[C@@H](C3CCOCC3)N[C@](CO)(CCO)[C@H]2C1. The summed E-state index contributed by atoms with van der Waals surface area (Å²) in [4.78, 5) is 2.38. The van der Waals surface area contributed by atoms with Gasteiger partial charge in [0.05, 0.1) is 6.61 Å². The minimum absolute atomic E-state index is 0.127. The summed E-state index contributed by atoms with van der Waals surface area (Å²) in [6, 6.07) is 0.465. The number of hydrogen-bond acceptors (Lipinski definition) is 5. The minimum Gasteiger partial charge on any atom is -0.396 e. The van der Waals surface area contributed by atoms with Crippen molar-refractivity contribution in [3.8, 4) is 0 Å². The summed E-state index contributed by atoms with van der Waals surface area (Å²) in [5.41, 5.74) is -0.285. The van der Waals surface area contributed by atoms with Crippen LogP contribution in [0, 0.1) is 17.8 Å². The number of hydrogen-bond donors (Lipinski definition) is 3. The minimum atomic E-state index is -0.285.